The number of likely N-dealkylation sites (N-methyl/N-ethyl adjacent to an activating group) is 1. The van der Waals surface area contributed by atoms with Crippen molar-refractivity contribution in [1.82, 2.24) is 14.7 Å². The number of benzene rings is 2. The average molecular weight is 362 g/mol. The second-order valence-electron chi connectivity index (χ2n) is 6.00. The molecule has 0 atom stereocenters. The van der Waals surface area contributed by atoms with Gasteiger partial charge in [0.2, 0.25) is 5.91 Å². The van der Waals surface area contributed by atoms with Crippen molar-refractivity contribution in [3.63, 3.8) is 0 Å². The minimum absolute atomic E-state index is 0.0195. The number of hydrogen-bond acceptors (Lipinski definition) is 4. The molecule has 7 nitrogen and oxygen atoms in total. The van der Waals surface area contributed by atoms with Gasteiger partial charge in [-0.3, -0.25) is 14.9 Å². The van der Waals surface area contributed by atoms with Gasteiger partial charge in [0.15, 0.2) is 0 Å². The maximum absolute atomic E-state index is 12.3. The molecule has 0 bridgehead atoms. The highest BCUT2D eigenvalue weighted by molar-refractivity contribution is 5.91. The number of amides is 1. The van der Waals surface area contributed by atoms with Crippen LogP contribution in [-0.4, -0.2) is 32.6 Å². The van der Waals surface area contributed by atoms with Crippen LogP contribution in [0.3, 0.4) is 0 Å². The fourth-order valence-electron chi connectivity index (χ4n) is 2.52. The molecule has 3 aromatic rings. The molecule has 1 aromatic heterocycles. The van der Waals surface area contributed by atoms with Crippen molar-refractivity contribution in [2.75, 3.05) is 7.05 Å². The molecule has 0 N–H and O–H groups in total. The number of nitro groups is 1. The van der Waals surface area contributed by atoms with Crippen LogP contribution in [0.15, 0.2) is 73.1 Å². The van der Waals surface area contributed by atoms with E-state index in [4.69, 9.17) is 0 Å². The van der Waals surface area contributed by atoms with E-state index in [1.165, 1.54) is 18.2 Å². The van der Waals surface area contributed by atoms with Crippen LogP contribution in [0.5, 0.6) is 0 Å². The SMILES string of the molecule is CN(Cc1cnn(-c2ccccc2)c1)C(=O)/C=C/c1ccc([N+](=O)[O-])cc1. The number of non-ortho nitro benzene ring substituents is 1. The molecule has 0 fully saturated rings. The first-order chi connectivity index (χ1) is 13.0. The maximum atomic E-state index is 12.3. The van der Waals surface area contributed by atoms with Crippen molar-refractivity contribution in [1.29, 1.82) is 0 Å². The van der Waals surface area contributed by atoms with E-state index in [9.17, 15) is 14.9 Å². The molecule has 1 amide bonds. The topological polar surface area (TPSA) is 81.3 Å². The third-order valence-electron chi connectivity index (χ3n) is 3.98. The number of carbonyl (C=O) groups excluding carboxylic acids is 1. The van der Waals surface area contributed by atoms with E-state index in [0.29, 0.717) is 6.54 Å². The predicted molar refractivity (Wildman–Crippen MR) is 102 cm³/mol. The minimum atomic E-state index is -0.456. The van der Waals surface area contributed by atoms with Gasteiger partial charge in [0.25, 0.3) is 5.69 Å². The van der Waals surface area contributed by atoms with Gasteiger partial charge >= 0.3 is 0 Å². The number of aromatic nitrogens is 2. The molecule has 0 radical (unpaired) electrons. The fraction of sp³-hybridized carbons (Fsp3) is 0.100. The Hall–Kier alpha value is -3.74. The minimum Gasteiger partial charge on any atom is -0.338 e. The number of nitro benzene ring substituents is 1. The lowest BCUT2D eigenvalue weighted by Gasteiger charge is -2.13. The van der Waals surface area contributed by atoms with Crippen LogP contribution in [0.1, 0.15) is 11.1 Å². The Morgan fingerprint density at radius 3 is 2.56 bits per heavy atom. The summed E-state index contributed by atoms with van der Waals surface area (Å²) in [4.78, 5) is 24.1. The summed E-state index contributed by atoms with van der Waals surface area (Å²) >= 11 is 0. The lowest BCUT2D eigenvalue weighted by atomic mass is 10.2. The van der Waals surface area contributed by atoms with Crippen LogP contribution < -0.4 is 0 Å². The highest BCUT2D eigenvalue weighted by atomic mass is 16.6. The van der Waals surface area contributed by atoms with Crippen LogP contribution in [0.25, 0.3) is 11.8 Å². The van der Waals surface area contributed by atoms with Gasteiger partial charge in [0, 0.05) is 43.6 Å². The van der Waals surface area contributed by atoms with Crippen LogP contribution in [-0.2, 0) is 11.3 Å². The largest absolute Gasteiger partial charge is 0.338 e. The molecule has 27 heavy (non-hydrogen) atoms. The predicted octanol–water partition coefficient (Wildman–Crippen LogP) is 3.45. The monoisotopic (exact) mass is 362 g/mol. The second kappa shape index (κ2) is 8.09. The van der Waals surface area contributed by atoms with Gasteiger partial charge in [-0.05, 0) is 35.9 Å². The Morgan fingerprint density at radius 2 is 1.89 bits per heavy atom. The van der Waals surface area contributed by atoms with Crippen LogP contribution >= 0.6 is 0 Å². The number of carbonyl (C=O) groups is 1. The normalized spacial score (nSPS) is 10.9. The summed E-state index contributed by atoms with van der Waals surface area (Å²) < 4.78 is 1.76. The lowest BCUT2D eigenvalue weighted by Crippen LogP contribution is -2.23. The average Bonchev–Trinajstić information content (AvgIpc) is 3.15. The van der Waals surface area contributed by atoms with Crippen molar-refractivity contribution in [2.24, 2.45) is 0 Å². The van der Waals surface area contributed by atoms with Gasteiger partial charge in [-0.2, -0.15) is 5.10 Å². The molecule has 0 spiro atoms. The van der Waals surface area contributed by atoms with Crippen LogP contribution in [0.4, 0.5) is 5.69 Å². The summed E-state index contributed by atoms with van der Waals surface area (Å²) in [5, 5.41) is 15.0. The zero-order chi connectivity index (χ0) is 19.2. The molecule has 0 aliphatic heterocycles. The fourth-order valence-corrected chi connectivity index (χ4v) is 2.52. The first kappa shape index (κ1) is 18.1. The van der Waals surface area contributed by atoms with Crippen molar-refractivity contribution in [2.45, 2.75) is 6.54 Å². The van der Waals surface area contributed by atoms with E-state index >= 15 is 0 Å². The Balaban J connectivity index is 1.60. The highest BCUT2D eigenvalue weighted by Crippen LogP contribution is 2.13. The van der Waals surface area contributed by atoms with E-state index in [-0.39, 0.29) is 11.6 Å². The Labute approximate surface area is 156 Å². The van der Waals surface area contributed by atoms with E-state index in [1.54, 1.807) is 41.0 Å². The van der Waals surface area contributed by atoms with E-state index < -0.39 is 4.92 Å². The van der Waals surface area contributed by atoms with E-state index in [2.05, 4.69) is 5.10 Å². The molecule has 7 heteroatoms. The van der Waals surface area contributed by atoms with Gasteiger partial charge in [0.1, 0.15) is 0 Å². The molecule has 0 saturated heterocycles. The lowest BCUT2D eigenvalue weighted by molar-refractivity contribution is -0.384. The molecule has 0 aliphatic carbocycles. The molecule has 0 saturated carbocycles. The van der Waals surface area contributed by atoms with Gasteiger partial charge in [-0.1, -0.05) is 18.2 Å². The third-order valence-corrected chi connectivity index (χ3v) is 3.98. The zero-order valence-electron chi connectivity index (χ0n) is 14.7. The van der Waals surface area contributed by atoms with Gasteiger partial charge in [-0.15, -0.1) is 0 Å². The molecule has 1 heterocycles. The summed E-state index contributed by atoms with van der Waals surface area (Å²) in [6.07, 6.45) is 6.70. The number of hydrogen-bond donors (Lipinski definition) is 0. The zero-order valence-corrected chi connectivity index (χ0v) is 14.7. The third kappa shape index (κ3) is 4.66. The first-order valence-electron chi connectivity index (χ1n) is 8.29. The second-order valence-corrected chi connectivity index (χ2v) is 6.00. The Bertz CT molecular complexity index is 962. The number of para-hydroxylation sites is 1. The quantitative estimate of drug-likeness (QED) is 0.382. The Morgan fingerprint density at radius 1 is 1.19 bits per heavy atom. The summed E-state index contributed by atoms with van der Waals surface area (Å²) in [7, 11) is 1.71. The summed E-state index contributed by atoms with van der Waals surface area (Å²) in [6.45, 7) is 0.427. The van der Waals surface area contributed by atoms with Crippen LogP contribution in [0.2, 0.25) is 0 Å². The van der Waals surface area contributed by atoms with Gasteiger partial charge in [0.05, 0.1) is 16.8 Å². The summed E-state index contributed by atoms with van der Waals surface area (Å²) in [5.74, 6) is -0.166. The Kier molecular flexibility index (Phi) is 5.41. The first-order valence-corrected chi connectivity index (χ1v) is 8.29. The molecule has 3 rings (SSSR count). The number of nitrogens with zero attached hydrogens (tertiary/aromatic N) is 4. The van der Waals surface area contributed by atoms with Crippen LogP contribution in [0, 0.1) is 10.1 Å². The molecule has 2 aromatic carbocycles. The van der Waals surface area contributed by atoms with Crippen molar-refractivity contribution < 1.29 is 9.72 Å². The van der Waals surface area contributed by atoms with Gasteiger partial charge in [-0.25, -0.2) is 4.68 Å². The van der Waals surface area contributed by atoms with Crippen molar-refractivity contribution >= 4 is 17.7 Å². The van der Waals surface area contributed by atoms with E-state index in [0.717, 1.165) is 16.8 Å². The van der Waals surface area contributed by atoms with Crippen molar-refractivity contribution in [3.05, 3.63) is 94.3 Å². The van der Waals surface area contributed by atoms with E-state index in [1.807, 2.05) is 36.5 Å². The molecule has 136 valence electrons. The number of rotatable bonds is 6. The molecule has 0 aliphatic rings. The smallest absolute Gasteiger partial charge is 0.269 e. The maximum Gasteiger partial charge on any atom is 0.269 e. The molecule has 0 unspecified atom stereocenters. The molecular weight excluding hydrogens is 344 g/mol. The van der Waals surface area contributed by atoms with Crippen molar-refractivity contribution in [3.8, 4) is 5.69 Å². The van der Waals surface area contributed by atoms with Gasteiger partial charge < -0.3 is 4.90 Å². The standard InChI is InChI=1S/C20H18N4O3/c1-22(14-17-13-21-23(15-17)18-5-3-2-4-6-18)20(25)12-9-16-7-10-19(11-8-16)24(26)27/h2-13,15H,14H2,1H3/b12-9+. The highest BCUT2D eigenvalue weighted by Gasteiger charge is 2.09. The summed E-state index contributed by atoms with van der Waals surface area (Å²) in [6, 6.07) is 15.8. The molecular formula is C20H18N4O3. The summed E-state index contributed by atoms with van der Waals surface area (Å²) in [5.41, 5.74) is 2.61.